The van der Waals surface area contributed by atoms with Crippen LogP contribution in [0.25, 0.3) is 0 Å². The molecule has 3 heteroatoms. The Morgan fingerprint density at radius 3 is 2.92 bits per heavy atom. The number of aliphatic hydroxyl groups is 1. The highest BCUT2D eigenvalue weighted by atomic mass is 16.3. The van der Waals surface area contributed by atoms with Crippen molar-refractivity contribution >= 4 is 0 Å². The lowest BCUT2D eigenvalue weighted by Gasteiger charge is -2.05. The summed E-state index contributed by atoms with van der Waals surface area (Å²) in [6, 6.07) is 0. The van der Waals surface area contributed by atoms with Crippen molar-refractivity contribution in [3.05, 3.63) is 30.1 Å². The summed E-state index contributed by atoms with van der Waals surface area (Å²) >= 11 is 0. The minimum absolute atomic E-state index is 0.578. The first-order chi connectivity index (χ1) is 5.65. The third-order valence-electron chi connectivity index (χ3n) is 1.76. The molecule has 0 spiro atoms. The van der Waals surface area contributed by atoms with Crippen molar-refractivity contribution in [3.63, 3.8) is 0 Å². The number of rotatable bonds is 3. The summed E-state index contributed by atoms with van der Waals surface area (Å²) in [4.78, 5) is 0. The lowest BCUT2D eigenvalue weighted by Crippen LogP contribution is -1.96. The summed E-state index contributed by atoms with van der Waals surface area (Å²) in [6.07, 6.45) is 2.92. The van der Waals surface area contributed by atoms with E-state index in [4.69, 9.17) is 0 Å². The molecule has 1 aromatic rings. The minimum Gasteiger partial charge on any atom is -0.384 e. The third kappa shape index (κ3) is 1.74. The molecule has 3 nitrogen and oxygen atoms in total. The molecule has 66 valence electrons. The van der Waals surface area contributed by atoms with Gasteiger partial charge in [0.25, 0.3) is 0 Å². The first kappa shape index (κ1) is 9.00. The van der Waals surface area contributed by atoms with Crippen molar-refractivity contribution in [2.45, 2.75) is 26.5 Å². The molecule has 1 atom stereocenters. The van der Waals surface area contributed by atoms with Crippen molar-refractivity contribution in [1.29, 1.82) is 0 Å². The average Bonchev–Trinajstić information content (AvgIpc) is 2.50. The first-order valence-electron chi connectivity index (χ1n) is 4.01. The van der Waals surface area contributed by atoms with E-state index in [0.29, 0.717) is 0 Å². The second-order valence-electron chi connectivity index (χ2n) is 2.88. The Morgan fingerprint density at radius 2 is 2.50 bits per heavy atom. The van der Waals surface area contributed by atoms with E-state index in [1.165, 1.54) is 0 Å². The molecule has 0 aliphatic rings. The maximum atomic E-state index is 9.55. The lowest BCUT2D eigenvalue weighted by molar-refractivity contribution is 0.216. The van der Waals surface area contributed by atoms with Gasteiger partial charge in [0, 0.05) is 18.3 Å². The summed E-state index contributed by atoms with van der Waals surface area (Å²) < 4.78 is 1.78. The molecule has 12 heavy (non-hydrogen) atoms. The molecule has 0 fully saturated rings. The Balaban J connectivity index is 2.81. The molecule has 1 rings (SSSR count). The Labute approximate surface area is 72.3 Å². The summed E-state index contributed by atoms with van der Waals surface area (Å²) in [6.45, 7) is 8.31. The van der Waals surface area contributed by atoms with Crippen LogP contribution in [0.5, 0.6) is 0 Å². The molecule has 1 N–H and O–H groups in total. The van der Waals surface area contributed by atoms with E-state index in [9.17, 15) is 5.11 Å². The summed E-state index contributed by atoms with van der Waals surface area (Å²) in [5, 5.41) is 13.6. The zero-order chi connectivity index (χ0) is 9.14. The van der Waals surface area contributed by atoms with Crippen LogP contribution in [0.3, 0.4) is 0 Å². The molecule has 0 saturated carbocycles. The Hall–Kier alpha value is -1.09. The van der Waals surface area contributed by atoms with Gasteiger partial charge in [0.1, 0.15) is 6.10 Å². The smallest absolute Gasteiger partial charge is 0.103 e. The van der Waals surface area contributed by atoms with Crippen LogP contribution in [0, 0.1) is 0 Å². The van der Waals surface area contributed by atoms with Gasteiger partial charge in [-0.2, -0.15) is 5.10 Å². The summed E-state index contributed by atoms with van der Waals surface area (Å²) in [5.74, 6) is 0. The van der Waals surface area contributed by atoms with Gasteiger partial charge in [0.05, 0.1) is 6.20 Å². The first-order valence-corrected chi connectivity index (χ1v) is 4.01. The van der Waals surface area contributed by atoms with Crippen molar-refractivity contribution in [3.8, 4) is 0 Å². The third-order valence-corrected chi connectivity index (χ3v) is 1.76. The molecular formula is C9H14N2O. The van der Waals surface area contributed by atoms with Crippen molar-refractivity contribution in [2.75, 3.05) is 0 Å². The largest absolute Gasteiger partial charge is 0.384 e. The normalized spacial score (nSPS) is 12.9. The predicted molar refractivity (Wildman–Crippen MR) is 47.7 cm³/mol. The number of hydrogen-bond donors (Lipinski definition) is 1. The number of nitrogens with zero attached hydrogens (tertiary/aromatic N) is 2. The average molecular weight is 166 g/mol. The molecule has 0 aromatic carbocycles. The Bertz CT molecular complexity index is 278. The lowest BCUT2D eigenvalue weighted by atomic mass is 10.1. The molecular weight excluding hydrogens is 152 g/mol. The second-order valence-corrected chi connectivity index (χ2v) is 2.88. The van der Waals surface area contributed by atoms with Gasteiger partial charge in [-0.1, -0.05) is 6.58 Å². The standard InChI is InChI=1S/C9H14N2O/c1-4-11-6-8(5-10-11)9(12)7(2)3/h5-6,9,12H,2,4H2,1,3H3. The quantitative estimate of drug-likeness (QED) is 0.691. The molecule has 1 aromatic heterocycles. The Morgan fingerprint density at radius 1 is 1.83 bits per heavy atom. The van der Waals surface area contributed by atoms with Crippen LogP contribution in [-0.4, -0.2) is 14.9 Å². The van der Waals surface area contributed by atoms with Gasteiger partial charge in [0.15, 0.2) is 0 Å². The molecule has 0 bridgehead atoms. The van der Waals surface area contributed by atoms with Gasteiger partial charge in [-0.15, -0.1) is 0 Å². The molecule has 0 radical (unpaired) electrons. The van der Waals surface area contributed by atoms with Gasteiger partial charge in [0.2, 0.25) is 0 Å². The van der Waals surface area contributed by atoms with E-state index in [1.807, 2.05) is 13.1 Å². The van der Waals surface area contributed by atoms with E-state index < -0.39 is 6.10 Å². The van der Waals surface area contributed by atoms with Crippen molar-refractivity contribution in [1.82, 2.24) is 9.78 Å². The minimum atomic E-state index is -0.578. The fraction of sp³-hybridized carbons (Fsp3) is 0.444. The van der Waals surface area contributed by atoms with E-state index in [2.05, 4.69) is 11.7 Å². The van der Waals surface area contributed by atoms with E-state index in [0.717, 1.165) is 17.7 Å². The van der Waals surface area contributed by atoms with E-state index >= 15 is 0 Å². The van der Waals surface area contributed by atoms with Crippen molar-refractivity contribution < 1.29 is 5.11 Å². The highest BCUT2D eigenvalue weighted by Gasteiger charge is 2.09. The SMILES string of the molecule is C=C(C)C(O)c1cnn(CC)c1. The van der Waals surface area contributed by atoms with E-state index in [-0.39, 0.29) is 0 Å². The van der Waals surface area contributed by atoms with Crippen LogP contribution in [0.15, 0.2) is 24.5 Å². The number of hydrogen-bond acceptors (Lipinski definition) is 2. The van der Waals surface area contributed by atoms with Crippen LogP contribution in [0.1, 0.15) is 25.5 Å². The van der Waals surface area contributed by atoms with Gasteiger partial charge in [-0.25, -0.2) is 0 Å². The molecule has 1 heterocycles. The van der Waals surface area contributed by atoms with Gasteiger partial charge >= 0.3 is 0 Å². The molecule has 0 aliphatic carbocycles. The molecule has 1 unspecified atom stereocenters. The number of aromatic nitrogens is 2. The van der Waals surface area contributed by atoms with Crippen LogP contribution < -0.4 is 0 Å². The summed E-state index contributed by atoms with van der Waals surface area (Å²) in [7, 11) is 0. The Kier molecular flexibility index (Phi) is 2.65. The van der Waals surface area contributed by atoms with Crippen LogP contribution in [0.2, 0.25) is 0 Å². The van der Waals surface area contributed by atoms with Crippen LogP contribution >= 0.6 is 0 Å². The predicted octanol–water partition coefficient (Wildman–Crippen LogP) is 1.51. The highest BCUT2D eigenvalue weighted by molar-refractivity contribution is 5.17. The monoisotopic (exact) mass is 166 g/mol. The number of aliphatic hydroxyl groups excluding tert-OH is 1. The summed E-state index contributed by atoms with van der Waals surface area (Å²) in [5.41, 5.74) is 1.55. The maximum absolute atomic E-state index is 9.55. The zero-order valence-corrected chi connectivity index (χ0v) is 7.49. The zero-order valence-electron chi connectivity index (χ0n) is 7.49. The fourth-order valence-electron chi connectivity index (χ4n) is 0.978. The molecule has 0 aliphatic heterocycles. The van der Waals surface area contributed by atoms with Gasteiger partial charge < -0.3 is 5.11 Å². The van der Waals surface area contributed by atoms with Crippen molar-refractivity contribution in [2.24, 2.45) is 0 Å². The highest BCUT2D eigenvalue weighted by Crippen LogP contribution is 2.18. The maximum Gasteiger partial charge on any atom is 0.103 e. The van der Waals surface area contributed by atoms with Gasteiger partial charge in [-0.3, -0.25) is 4.68 Å². The topological polar surface area (TPSA) is 38.1 Å². The fourth-order valence-corrected chi connectivity index (χ4v) is 0.978. The second kappa shape index (κ2) is 3.54. The van der Waals surface area contributed by atoms with Crippen LogP contribution in [0.4, 0.5) is 0 Å². The van der Waals surface area contributed by atoms with Crippen LogP contribution in [-0.2, 0) is 6.54 Å². The van der Waals surface area contributed by atoms with Gasteiger partial charge in [-0.05, 0) is 19.4 Å². The van der Waals surface area contributed by atoms with E-state index in [1.54, 1.807) is 17.8 Å². The molecule has 0 amide bonds. The number of aryl methyl sites for hydroxylation is 1. The molecule has 0 saturated heterocycles.